The summed E-state index contributed by atoms with van der Waals surface area (Å²) in [5.74, 6) is 0.783. The first kappa shape index (κ1) is 25.9. The topological polar surface area (TPSA) is 43.6 Å². The van der Waals surface area contributed by atoms with Crippen LogP contribution in [0.4, 0.5) is 0 Å². The van der Waals surface area contributed by atoms with Crippen molar-refractivity contribution in [3.8, 4) is 28.2 Å². The third kappa shape index (κ3) is 3.98. The van der Waals surface area contributed by atoms with E-state index in [9.17, 15) is 0 Å². The molecular weight excluding hydrogens is 573 g/mol. The molecule has 0 atom stereocenters. The number of pyridine rings is 1. The maximum atomic E-state index is 5.36. The highest BCUT2D eigenvalue weighted by atomic mass is 15.1. The number of rotatable bonds is 3. The predicted octanol–water partition coefficient (Wildman–Crippen LogP) is 10.9. The average Bonchev–Trinajstić information content (AvgIpc) is 3.46. The molecule has 0 unspecified atom stereocenters. The molecule has 0 aliphatic rings. The van der Waals surface area contributed by atoms with Gasteiger partial charge in [0.05, 0.1) is 11.0 Å². The number of hydrogen-bond donors (Lipinski definition) is 0. The van der Waals surface area contributed by atoms with Crippen LogP contribution < -0.4 is 0 Å². The van der Waals surface area contributed by atoms with Gasteiger partial charge in [0, 0.05) is 22.5 Å². The fraction of sp³-hybridized carbons (Fsp3) is 0. The van der Waals surface area contributed by atoms with E-state index in [1.54, 1.807) is 6.20 Å². The molecule has 10 aromatic rings. The Morgan fingerprint density at radius 3 is 2.06 bits per heavy atom. The number of aromatic nitrogens is 4. The Morgan fingerprint density at radius 2 is 1.19 bits per heavy atom. The highest BCUT2D eigenvalue weighted by Crippen LogP contribution is 2.42. The summed E-state index contributed by atoms with van der Waals surface area (Å²) in [5, 5.41) is 9.58. The van der Waals surface area contributed by atoms with Crippen LogP contribution in [0.25, 0.3) is 93.5 Å². The second-order valence-corrected chi connectivity index (χ2v) is 12.1. The molecule has 0 bridgehead atoms. The van der Waals surface area contributed by atoms with Gasteiger partial charge in [-0.2, -0.15) is 0 Å². The third-order valence-corrected chi connectivity index (χ3v) is 9.40. The van der Waals surface area contributed by atoms with E-state index in [0.29, 0.717) is 5.65 Å². The van der Waals surface area contributed by atoms with Crippen LogP contribution in [-0.4, -0.2) is 19.5 Å². The van der Waals surface area contributed by atoms with Crippen molar-refractivity contribution in [1.82, 2.24) is 19.5 Å². The van der Waals surface area contributed by atoms with Gasteiger partial charge in [-0.3, -0.25) is 4.57 Å². The van der Waals surface area contributed by atoms with E-state index in [1.165, 1.54) is 54.2 Å². The van der Waals surface area contributed by atoms with Gasteiger partial charge in [-0.1, -0.05) is 115 Å². The van der Waals surface area contributed by atoms with Crippen molar-refractivity contribution in [3.05, 3.63) is 158 Å². The number of fused-ring (bicyclic) bond motifs is 8. The lowest BCUT2D eigenvalue weighted by Crippen LogP contribution is -2.04. The summed E-state index contributed by atoms with van der Waals surface area (Å²) in [5.41, 5.74) is 7.72. The molecule has 4 heteroatoms. The van der Waals surface area contributed by atoms with Crippen LogP contribution in [0.1, 0.15) is 0 Å². The quantitative estimate of drug-likeness (QED) is 0.190. The Kier molecular flexibility index (Phi) is 5.54. The Balaban J connectivity index is 1.36. The molecule has 0 spiro atoms. The minimum atomic E-state index is 0.625. The summed E-state index contributed by atoms with van der Waals surface area (Å²) in [4.78, 5) is 15.2. The molecule has 7 aromatic carbocycles. The molecule has 0 saturated carbocycles. The van der Waals surface area contributed by atoms with Crippen LogP contribution in [0, 0.1) is 0 Å². The van der Waals surface area contributed by atoms with Gasteiger partial charge >= 0.3 is 0 Å². The van der Waals surface area contributed by atoms with Crippen LogP contribution in [0.15, 0.2) is 158 Å². The summed E-state index contributed by atoms with van der Waals surface area (Å²) in [6.07, 6.45) is 1.78. The largest absolute Gasteiger partial charge is 0.292 e. The lowest BCUT2D eigenvalue weighted by Gasteiger charge is -2.14. The second kappa shape index (κ2) is 10.1. The molecule has 3 heterocycles. The molecule has 47 heavy (non-hydrogen) atoms. The van der Waals surface area contributed by atoms with E-state index in [0.717, 1.165) is 33.6 Å². The normalized spacial score (nSPS) is 11.8. The third-order valence-electron chi connectivity index (χ3n) is 9.40. The molecule has 0 aliphatic carbocycles. The van der Waals surface area contributed by atoms with E-state index in [2.05, 4.69) is 149 Å². The van der Waals surface area contributed by atoms with Crippen molar-refractivity contribution in [2.24, 2.45) is 0 Å². The van der Waals surface area contributed by atoms with E-state index in [4.69, 9.17) is 9.97 Å². The summed E-state index contributed by atoms with van der Waals surface area (Å²) >= 11 is 0. The highest BCUT2D eigenvalue weighted by Gasteiger charge is 2.22. The van der Waals surface area contributed by atoms with Gasteiger partial charge in [0.2, 0.25) is 0 Å². The summed E-state index contributed by atoms with van der Waals surface area (Å²) < 4.78 is 2.31. The number of nitrogens with zero attached hydrogens (tertiary/aromatic N) is 4. The fourth-order valence-electron chi connectivity index (χ4n) is 7.22. The average molecular weight is 599 g/mol. The van der Waals surface area contributed by atoms with Gasteiger partial charge in [-0.25, -0.2) is 15.0 Å². The molecule has 0 fully saturated rings. The Hall–Kier alpha value is -6.39. The molecule has 0 amide bonds. The summed E-state index contributed by atoms with van der Waals surface area (Å²) in [7, 11) is 0. The van der Waals surface area contributed by atoms with Crippen molar-refractivity contribution < 1.29 is 0 Å². The number of benzene rings is 7. The smallest absolute Gasteiger partial charge is 0.178 e. The van der Waals surface area contributed by atoms with E-state index in [1.807, 2.05) is 12.1 Å². The van der Waals surface area contributed by atoms with Crippen LogP contribution in [0.5, 0.6) is 0 Å². The lowest BCUT2D eigenvalue weighted by atomic mass is 9.98. The standard InChI is InChI=1S/C43H26N4/c1-2-10-27(11-3-1)34-16-8-18-38-40(34)36-24-30-13-4-5-14-31(30)26-39(36)47(38)43-41(46-42-37(45-43)17-9-23-44-42)32-22-21-29-20-19-28-12-6-7-15-33(28)35(29)25-32/h1-26H. The molecular formula is C43H26N4. The first-order chi connectivity index (χ1) is 23.3. The number of hydrogen-bond acceptors (Lipinski definition) is 3. The molecule has 0 N–H and O–H groups in total. The SMILES string of the molecule is c1ccc(-c2cccc3c2c2cc4ccccc4cc2n3-c2nc3cccnc3nc2-c2ccc3ccc4ccccc4c3c2)cc1. The van der Waals surface area contributed by atoms with Crippen molar-refractivity contribution in [2.75, 3.05) is 0 Å². The fourth-order valence-corrected chi connectivity index (χ4v) is 7.22. The zero-order chi connectivity index (χ0) is 30.9. The van der Waals surface area contributed by atoms with E-state index in [-0.39, 0.29) is 0 Å². The van der Waals surface area contributed by atoms with Gasteiger partial charge in [0.15, 0.2) is 11.5 Å². The Labute approximate surface area is 270 Å². The van der Waals surface area contributed by atoms with Gasteiger partial charge in [0.25, 0.3) is 0 Å². The van der Waals surface area contributed by atoms with Crippen molar-refractivity contribution >= 4 is 65.3 Å². The van der Waals surface area contributed by atoms with E-state index < -0.39 is 0 Å². The highest BCUT2D eigenvalue weighted by molar-refractivity contribution is 6.19. The van der Waals surface area contributed by atoms with Crippen LogP contribution in [-0.2, 0) is 0 Å². The van der Waals surface area contributed by atoms with Crippen LogP contribution in [0.3, 0.4) is 0 Å². The second-order valence-electron chi connectivity index (χ2n) is 12.1. The monoisotopic (exact) mass is 598 g/mol. The van der Waals surface area contributed by atoms with E-state index >= 15 is 0 Å². The first-order valence-corrected chi connectivity index (χ1v) is 15.9. The van der Waals surface area contributed by atoms with Gasteiger partial charge in [-0.05, 0) is 79.8 Å². The minimum absolute atomic E-state index is 0.625. The maximum Gasteiger partial charge on any atom is 0.178 e. The van der Waals surface area contributed by atoms with Crippen molar-refractivity contribution in [1.29, 1.82) is 0 Å². The van der Waals surface area contributed by atoms with Crippen molar-refractivity contribution in [2.45, 2.75) is 0 Å². The molecule has 218 valence electrons. The minimum Gasteiger partial charge on any atom is -0.292 e. The van der Waals surface area contributed by atoms with Gasteiger partial charge < -0.3 is 0 Å². The molecule has 3 aromatic heterocycles. The summed E-state index contributed by atoms with van der Waals surface area (Å²) in [6, 6.07) is 53.9. The summed E-state index contributed by atoms with van der Waals surface area (Å²) in [6.45, 7) is 0. The first-order valence-electron chi connectivity index (χ1n) is 15.9. The molecule has 0 radical (unpaired) electrons. The van der Waals surface area contributed by atoms with Crippen molar-refractivity contribution in [3.63, 3.8) is 0 Å². The lowest BCUT2D eigenvalue weighted by molar-refractivity contribution is 1.07. The Morgan fingerprint density at radius 1 is 0.447 bits per heavy atom. The zero-order valence-corrected chi connectivity index (χ0v) is 25.3. The maximum absolute atomic E-state index is 5.36. The molecule has 0 saturated heterocycles. The van der Waals surface area contributed by atoms with Gasteiger partial charge in [0.1, 0.15) is 11.2 Å². The Bertz CT molecular complexity index is 2850. The zero-order valence-electron chi connectivity index (χ0n) is 25.3. The molecule has 0 aliphatic heterocycles. The van der Waals surface area contributed by atoms with Gasteiger partial charge in [-0.15, -0.1) is 0 Å². The van der Waals surface area contributed by atoms with Crippen LogP contribution in [0.2, 0.25) is 0 Å². The molecule has 10 rings (SSSR count). The predicted molar refractivity (Wildman–Crippen MR) is 195 cm³/mol. The molecule has 4 nitrogen and oxygen atoms in total. The van der Waals surface area contributed by atoms with Crippen LogP contribution >= 0.6 is 0 Å².